The lowest BCUT2D eigenvalue weighted by molar-refractivity contribution is 0.103. The highest BCUT2D eigenvalue weighted by Gasteiger charge is 2.07. The van der Waals surface area contributed by atoms with E-state index in [0.717, 1.165) is 6.20 Å². The van der Waals surface area contributed by atoms with Gasteiger partial charge in [0.25, 0.3) is 0 Å². The Morgan fingerprint density at radius 1 is 1.31 bits per heavy atom. The van der Waals surface area contributed by atoms with Crippen molar-refractivity contribution < 1.29 is 4.79 Å². The number of carbonyl (C=O) groups is 1. The molecule has 0 saturated heterocycles. The number of allylic oxidation sites excluding steroid dienone is 1. The summed E-state index contributed by atoms with van der Waals surface area (Å²) < 4.78 is 0. The van der Waals surface area contributed by atoms with E-state index in [1.165, 1.54) is 0 Å². The first-order valence-electron chi connectivity index (χ1n) is 3.63. The van der Waals surface area contributed by atoms with Crippen LogP contribution in [-0.2, 0) is 0 Å². The van der Waals surface area contributed by atoms with Gasteiger partial charge in [-0.2, -0.15) is 0 Å². The maximum absolute atomic E-state index is 11.4. The van der Waals surface area contributed by atoms with Crippen molar-refractivity contribution >= 4 is 17.4 Å². The molecule has 0 amide bonds. The van der Waals surface area contributed by atoms with Gasteiger partial charge in [-0.15, -0.1) is 0 Å². The lowest BCUT2D eigenvalue weighted by atomic mass is 10.1. The van der Waals surface area contributed by atoms with Crippen molar-refractivity contribution in [1.29, 1.82) is 0 Å². The highest BCUT2D eigenvalue weighted by Crippen LogP contribution is 2.11. The van der Waals surface area contributed by atoms with Crippen molar-refractivity contribution in [1.82, 2.24) is 0 Å². The first kappa shape index (κ1) is 9.61. The van der Waals surface area contributed by atoms with Crippen LogP contribution in [0, 0.1) is 0 Å². The molecule has 0 spiro atoms. The third-order valence-electron chi connectivity index (χ3n) is 1.55. The summed E-state index contributed by atoms with van der Waals surface area (Å²) in [6.45, 7) is 0. The Labute approximate surface area is 81.0 Å². The first-order valence-corrected chi connectivity index (χ1v) is 4.00. The highest BCUT2D eigenvalue weighted by molar-refractivity contribution is 6.30. The first-order chi connectivity index (χ1) is 6.15. The summed E-state index contributed by atoms with van der Waals surface area (Å²) in [5, 5.41) is 0.576. The van der Waals surface area contributed by atoms with Crippen LogP contribution in [-0.4, -0.2) is 5.78 Å². The molecule has 0 aromatic heterocycles. The molecule has 0 aliphatic heterocycles. The van der Waals surface area contributed by atoms with Gasteiger partial charge in [0, 0.05) is 16.8 Å². The van der Waals surface area contributed by atoms with Gasteiger partial charge >= 0.3 is 0 Å². The van der Waals surface area contributed by atoms with E-state index < -0.39 is 0 Å². The van der Waals surface area contributed by atoms with Gasteiger partial charge in [0.2, 0.25) is 5.78 Å². The van der Waals surface area contributed by atoms with E-state index in [-0.39, 0.29) is 11.5 Å². The second-order valence-corrected chi connectivity index (χ2v) is 2.89. The van der Waals surface area contributed by atoms with Gasteiger partial charge in [-0.1, -0.05) is 11.6 Å². The number of rotatable bonds is 2. The predicted molar refractivity (Wildman–Crippen MR) is 52.2 cm³/mol. The minimum atomic E-state index is -0.292. The molecular weight excluding hydrogens is 188 g/mol. The van der Waals surface area contributed by atoms with E-state index in [1.807, 2.05) is 0 Å². The molecular formula is C9H9ClN2O. The van der Waals surface area contributed by atoms with Crippen LogP contribution < -0.4 is 11.5 Å². The van der Waals surface area contributed by atoms with Crippen molar-refractivity contribution in [3.8, 4) is 0 Å². The van der Waals surface area contributed by atoms with Crippen molar-refractivity contribution in [2.75, 3.05) is 0 Å². The molecule has 0 unspecified atom stereocenters. The molecule has 0 fully saturated rings. The minimum absolute atomic E-state index is 0.0299. The number of nitrogens with two attached hydrogens (primary N) is 2. The normalized spacial score (nSPS) is 11.3. The summed E-state index contributed by atoms with van der Waals surface area (Å²) in [7, 11) is 0. The molecule has 0 aliphatic rings. The summed E-state index contributed by atoms with van der Waals surface area (Å²) in [4.78, 5) is 11.4. The summed E-state index contributed by atoms with van der Waals surface area (Å²) in [5.41, 5.74) is 11.0. The molecule has 4 N–H and O–H groups in total. The van der Waals surface area contributed by atoms with Gasteiger partial charge in [-0.3, -0.25) is 4.79 Å². The molecule has 68 valence electrons. The van der Waals surface area contributed by atoms with E-state index in [4.69, 9.17) is 23.1 Å². The largest absolute Gasteiger partial charge is 0.403 e. The number of carbonyl (C=O) groups excluding carboxylic acids is 1. The molecule has 13 heavy (non-hydrogen) atoms. The fraction of sp³-hybridized carbons (Fsp3) is 0. The van der Waals surface area contributed by atoms with Gasteiger partial charge in [-0.05, 0) is 24.3 Å². The third kappa shape index (κ3) is 2.23. The van der Waals surface area contributed by atoms with Crippen molar-refractivity contribution in [3.63, 3.8) is 0 Å². The number of halogens is 1. The second-order valence-electron chi connectivity index (χ2n) is 2.46. The van der Waals surface area contributed by atoms with Gasteiger partial charge < -0.3 is 11.5 Å². The number of Topliss-reactive ketones (excluding diaryl/α,β-unsaturated/α-hetero) is 1. The van der Waals surface area contributed by atoms with Crippen LogP contribution in [0.25, 0.3) is 0 Å². The second kappa shape index (κ2) is 3.96. The molecule has 4 heteroatoms. The lowest BCUT2D eigenvalue weighted by Crippen LogP contribution is -2.13. The highest BCUT2D eigenvalue weighted by atomic mass is 35.5. The Morgan fingerprint density at radius 3 is 2.31 bits per heavy atom. The summed E-state index contributed by atoms with van der Waals surface area (Å²) in [5.74, 6) is -0.292. The maximum Gasteiger partial charge on any atom is 0.210 e. The quantitative estimate of drug-likeness (QED) is 0.553. The topological polar surface area (TPSA) is 69.1 Å². The summed E-state index contributed by atoms with van der Waals surface area (Å²) in [6, 6.07) is 6.44. The molecule has 0 aliphatic carbocycles. The average molecular weight is 197 g/mol. The monoisotopic (exact) mass is 196 g/mol. The Hall–Kier alpha value is -1.48. The zero-order valence-electron chi connectivity index (χ0n) is 6.83. The number of benzene rings is 1. The molecule has 0 radical (unpaired) electrons. The Bertz CT molecular complexity index is 343. The summed E-state index contributed by atoms with van der Waals surface area (Å²) in [6.07, 6.45) is 1.08. The van der Waals surface area contributed by atoms with E-state index in [0.29, 0.717) is 10.6 Å². The standard InChI is InChI=1S/C9H9ClN2O/c10-7-3-1-6(2-4-7)9(13)8(12)5-11/h1-5H,11-12H2/b8-5+. The van der Waals surface area contributed by atoms with Crippen LogP contribution in [0.1, 0.15) is 10.4 Å². The van der Waals surface area contributed by atoms with Crippen LogP contribution in [0.2, 0.25) is 5.02 Å². The van der Waals surface area contributed by atoms with Gasteiger partial charge in [0.15, 0.2) is 0 Å². The van der Waals surface area contributed by atoms with Crippen molar-refractivity contribution in [3.05, 3.63) is 46.7 Å². The van der Waals surface area contributed by atoms with Gasteiger partial charge in [0.05, 0.1) is 5.70 Å². The van der Waals surface area contributed by atoms with Crippen molar-refractivity contribution in [2.24, 2.45) is 11.5 Å². The van der Waals surface area contributed by atoms with E-state index >= 15 is 0 Å². The Morgan fingerprint density at radius 2 is 1.85 bits per heavy atom. The van der Waals surface area contributed by atoms with Crippen LogP contribution in [0.15, 0.2) is 36.2 Å². The SMILES string of the molecule is N/C=C(/N)C(=O)c1ccc(Cl)cc1. The van der Waals surface area contributed by atoms with E-state index in [2.05, 4.69) is 0 Å². The minimum Gasteiger partial charge on any atom is -0.403 e. The smallest absolute Gasteiger partial charge is 0.210 e. The number of hydrogen-bond acceptors (Lipinski definition) is 3. The van der Waals surface area contributed by atoms with Crippen LogP contribution in [0.3, 0.4) is 0 Å². The van der Waals surface area contributed by atoms with Crippen molar-refractivity contribution in [2.45, 2.75) is 0 Å². The van der Waals surface area contributed by atoms with Crippen LogP contribution in [0.5, 0.6) is 0 Å². The molecule has 1 aromatic rings. The van der Waals surface area contributed by atoms with E-state index in [9.17, 15) is 4.79 Å². The summed E-state index contributed by atoms with van der Waals surface area (Å²) >= 11 is 5.65. The third-order valence-corrected chi connectivity index (χ3v) is 1.80. The fourth-order valence-electron chi connectivity index (χ4n) is 0.844. The fourth-order valence-corrected chi connectivity index (χ4v) is 0.970. The molecule has 0 atom stereocenters. The molecule has 0 heterocycles. The van der Waals surface area contributed by atoms with Crippen LogP contribution in [0.4, 0.5) is 0 Å². The Kier molecular flexibility index (Phi) is 2.93. The molecule has 1 rings (SSSR count). The van der Waals surface area contributed by atoms with E-state index in [1.54, 1.807) is 24.3 Å². The maximum atomic E-state index is 11.4. The molecule has 0 bridgehead atoms. The lowest BCUT2D eigenvalue weighted by Gasteiger charge is -1.99. The van der Waals surface area contributed by atoms with Gasteiger partial charge in [0.1, 0.15) is 0 Å². The Balaban J connectivity index is 2.97. The zero-order chi connectivity index (χ0) is 9.84. The average Bonchev–Trinajstić information content (AvgIpc) is 2.17. The molecule has 3 nitrogen and oxygen atoms in total. The molecule has 1 aromatic carbocycles. The number of hydrogen-bond donors (Lipinski definition) is 2. The van der Waals surface area contributed by atoms with Crippen LogP contribution >= 0.6 is 11.6 Å². The zero-order valence-corrected chi connectivity index (χ0v) is 7.58. The van der Waals surface area contributed by atoms with Gasteiger partial charge in [-0.25, -0.2) is 0 Å². The number of ketones is 1. The molecule has 0 saturated carbocycles. The predicted octanol–water partition coefficient (Wildman–Crippen LogP) is 1.28.